The molecule has 0 spiro atoms. The molecule has 1 aromatic heterocycles. The molecule has 0 saturated heterocycles. The molecule has 0 bridgehead atoms. The molecule has 8 heteroatoms. The van der Waals surface area contributed by atoms with E-state index in [2.05, 4.69) is 10.3 Å². The molecule has 128 valence electrons. The molecule has 0 atom stereocenters. The molecular formula is C17H10F4N2OS. The summed E-state index contributed by atoms with van der Waals surface area (Å²) >= 11 is 0.680. The van der Waals surface area contributed by atoms with Gasteiger partial charge < -0.3 is 0 Å². The number of amides is 1. The summed E-state index contributed by atoms with van der Waals surface area (Å²) in [5.41, 5.74) is 0.0936. The van der Waals surface area contributed by atoms with Gasteiger partial charge in [-0.05, 0) is 29.3 Å². The van der Waals surface area contributed by atoms with Crippen LogP contribution in [0.15, 0.2) is 53.9 Å². The smallest absolute Gasteiger partial charge is 0.298 e. The van der Waals surface area contributed by atoms with Gasteiger partial charge >= 0.3 is 6.18 Å². The van der Waals surface area contributed by atoms with Crippen molar-refractivity contribution in [2.24, 2.45) is 0 Å². The molecule has 0 radical (unpaired) electrons. The van der Waals surface area contributed by atoms with Crippen LogP contribution < -0.4 is 5.32 Å². The van der Waals surface area contributed by atoms with Crippen molar-refractivity contribution in [3.8, 4) is 11.1 Å². The summed E-state index contributed by atoms with van der Waals surface area (Å²) in [6.07, 6.45) is -4.57. The number of nitrogens with zero attached hydrogens (tertiary/aromatic N) is 1. The second-order valence-corrected chi connectivity index (χ2v) is 5.90. The predicted octanol–water partition coefficient (Wildman–Crippen LogP) is 5.22. The van der Waals surface area contributed by atoms with Gasteiger partial charge in [0.05, 0.1) is 0 Å². The van der Waals surface area contributed by atoms with Crippen LogP contribution in [0.3, 0.4) is 0 Å². The average Bonchev–Trinajstić information content (AvgIpc) is 3.03. The second-order valence-electron chi connectivity index (χ2n) is 5.05. The lowest BCUT2D eigenvalue weighted by atomic mass is 9.99. The number of hydrogen-bond donors (Lipinski definition) is 1. The average molecular weight is 366 g/mol. The Labute approximate surface area is 144 Å². The van der Waals surface area contributed by atoms with E-state index in [1.807, 2.05) is 0 Å². The molecule has 1 N–H and O–H groups in total. The van der Waals surface area contributed by atoms with Crippen LogP contribution in [0.1, 0.15) is 16.1 Å². The number of halogens is 4. The Bertz CT molecular complexity index is 921. The topological polar surface area (TPSA) is 42.0 Å². The van der Waals surface area contributed by atoms with Crippen molar-refractivity contribution in [2.75, 3.05) is 5.32 Å². The van der Waals surface area contributed by atoms with Gasteiger partial charge in [-0.15, -0.1) is 11.3 Å². The third-order valence-corrected chi connectivity index (χ3v) is 4.08. The van der Waals surface area contributed by atoms with Crippen LogP contribution in [0.4, 0.5) is 22.7 Å². The van der Waals surface area contributed by atoms with Crippen LogP contribution in [-0.2, 0) is 6.18 Å². The standard InChI is InChI=1S/C17H10F4N2OS/c18-11-5-3-4-10(8-11)12-6-1-2-7-13(12)15(24)23-16-22-14(9-25-16)17(19,20)21/h1-9H,(H,22,23,24). The van der Waals surface area contributed by atoms with Gasteiger partial charge in [0.25, 0.3) is 5.91 Å². The Kier molecular flexibility index (Phi) is 4.54. The number of thiazole rings is 1. The molecule has 0 aliphatic rings. The molecule has 0 unspecified atom stereocenters. The quantitative estimate of drug-likeness (QED) is 0.646. The van der Waals surface area contributed by atoms with Gasteiger partial charge in [0.2, 0.25) is 0 Å². The summed E-state index contributed by atoms with van der Waals surface area (Å²) in [7, 11) is 0. The molecule has 3 rings (SSSR count). The summed E-state index contributed by atoms with van der Waals surface area (Å²) < 4.78 is 51.2. The summed E-state index contributed by atoms with van der Waals surface area (Å²) in [6, 6.07) is 12.1. The first-order valence-electron chi connectivity index (χ1n) is 7.03. The largest absolute Gasteiger partial charge is 0.434 e. The van der Waals surface area contributed by atoms with Crippen molar-refractivity contribution in [1.82, 2.24) is 4.98 Å². The highest BCUT2D eigenvalue weighted by Crippen LogP contribution is 2.32. The molecular weight excluding hydrogens is 356 g/mol. The Morgan fingerprint density at radius 3 is 2.52 bits per heavy atom. The number of alkyl halides is 3. The van der Waals surface area contributed by atoms with Gasteiger partial charge in [-0.3, -0.25) is 10.1 Å². The Morgan fingerprint density at radius 2 is 1.84 bits per heavy atom. The Balaban J connectivity index is 1.90. The number of anilines is 1. The summed E-state index contributed by atoms with van der Waals surface area (Å²) in [6.45, 7) is 0. The lowest BCUT2D eigenvalue weighted by molar-refractivity contribution is -0.140. The third kappa shape index (κ3) is 3.85. The highest BCUT2D eigenvalue weighted by Gasteiger charge is 2.34. The summed E-state index contributed by atoms with van der Waals surface area (Å²) in [5.74, 6) is -1.08. The molecule has 1 amide bonds. The van der Waals surface area contributed by atoms with Crippen molar-refractivity contribution >= 4 is 22.4 Å². The van der Waals surface area contributed by atoms with Crippen LogP contribution >= 0.6 is 11.3 Å². The Morgan fingerprint density at radius 1 is 1.08 bits per heavy atom. The zero-order chi connectivity index (χ0) is 18.0. The van der Waals surface area contributed by atoms with E-state index >= 15 is 0 Å². The number of carbonyl (C=O) groups excluding carboxylic acids is 1. The highest BCUT2D eigenvalue weighted by atomic mass is 32.1. The SMILES string of the molecule is O=C(Nc1nc(C(F)(F)F)cs1)c1ccccc1-c1cccc(F)c1. The first-order valence-corrected chi connectivity index (χ1v) is 7.91. The van der Waals surface area contributed by atoms with Crippen molar-refractivity contribution in [3.05, 3.63) is 71.0 Å². The number of nitrogens with one attached hydrogen (secondary N) is 1. The van der Waals surface area contributed by atoms with Gasteiger partial charge in [-0.25, -0.2) is 9.37 Å². The fourth-order valence-electron chi connectivity index (χ4n) is 2.21. The van der Waals surface area contributed by atoms with E-state index in [1.165, 1.54) is 24.3 Å². The third-order valence-electron chi connectivity index (χ3n) is 3.32. The van der Waals surface area contributed by atoms with Gasteiger partial charge in [-0.1, -0.05) is 30.3 Å². The Hall–Kier alpha value is -2.74. The molecule has 0 aliphatic heterocycles. The molecule has 0 aliphatic carbocycles. The zero-order valence-electron chi connectivity index (χ0n) is 12.5. The minimum absolute atomic E-state index is 0.161. The summed E-state index contributed by atoms with van der Waals surface area (Å²) in [5, 5.41) is 3.02. The summed E-state index contributed by atoms with van der Waals surface area (Å²) in [4.78, 5) is 15.8. The minimum Gasteiger partial charge on any atom is -0.298 e. The molecule has 0 fully saturated rings. The second kappa shape index (κ2) is 6.64. The van der Waals surface area contributed by atoms with E-state index in [9.17, 15) is 22.4 Å². The lowest BCUT2D eigenvalue weighted by Gasteiger charge is -2.09. The van der Waals surface area contributed by atoms with Crippen molar-refractivity contribution in [3.63, 3.8) is 0 Å². The number of carbonyl (C=O) groups is 1. The van der Waals surface area contributed by atoms with E-state index in [0.717, 1.165) is 5.38 Å². The molecule has 25 heavy (non-hydrogen) atoms. The van der Waals surface area contributed by atoms with Crippen LogP contribution in [0.25, 0.3) is 11.1 Å². The van der Waals surface area contributed by atoms with Gasteiger partial charge in [0.15, 0.2) is 10.8 Å². The zero-order valence-corrected chi connectivity index (χ0v) is 13.3. The number of hydrogen-bond acceptors (Lipinski definition) is 3. The fraction of sp³-hybridized carbons (Fsp3) is 0.0588. The van der Waals surface area contributed by atoms with Crippen molar-refractivity contribution in [1.29, 1.82) is 0 Å². The van der Waals surface area contributed by atoms with Gasteiger partial charge in [0.1, 0.15) is 5.82 Å². The van der Waals surface area contributed by atoms with E-state index in [-0.39, 0.29) is 10.7 Å². The molecule has 0 saturated carbocycles. The normalized spacial score (nSPS) is 11.4. The van der Waals surface area contributed by atoms with Gasteiger partial charge in [-0.2, -0.15) is 13.2 Å². The fourth-order valence-corrected chi connectivity index (χ4v) is 2.93. The maximum atomic E-state index is 13.4. The molecule has 2 aromatic carbocycles. The number of aromatic nitrogens is 1. The lowest BCUT2D eigenvalue weighted by Crippen LogP contribution is -2.13. The maximum Gasteiger partial charge on any atom is 0.434 e. The highest BCUT2D eigenvalue weighted by molar-refractivity contribution is 7.14. The monoisotopic (exact) mass is 366 g/mol. The van der Waals surface area contributed by atoms with Crippen molar-refractivity contribution < 1.29 is 22.4 Å². The van der Waals surface area contributed by atoms with E-state index in [0.29, 0.717) is 22.5 Å². The van der Waals surface area contributed by atoms with E-state index < -0.39 is 23.6 Å². The van der Waals surface area contributed by atoms with Gasteiger partial charge in [0, 0.05) is 10.9 Å². The van der Waals surface area contributed by atoms with E-state index in [4.69, 9.17) is 0 Å². The van der Waals surface area contributed by atoms with Crippen LogP contribution in [0.5, 0.6) is 0 Å². The minimum atomic E-state index is -4.57. The predicted molar refractivity (Wildman–Crippen MR) is 86.9 cm³/mol. The maximum absolute atomic E-state index is 13.4. The first-order chi connectivity index (χ1) is 11.8. The number of rotatable bonds is 3. The number of benzene rings is 2. The van der Waals surface area contributed by atoms with E-state index in [1.54, 1.807) is 24.3 Å². The van der Waals surface area contributed by atoms with Crippen molar-refractivity contribution in [2.45, 2.75) is 6.18 Å². The molecule has 1 heterocycles. The van der Waals surface area contributed by atoms with Crippen LogP contribution in [0.2, 0.25) is 0 Å². The van der Waals surface area contributed by atoms with Crippen LogP contribution in [0, 0.1) is 5.82 Å². The molecule has 3 nitrogen and oxygen atoms in total. The molecule has 3 aromatic rings. The van der Waals surface area contributed by atoms with Crippen LogP contribution in [-0.4, -0.2) is 10.9 Å². The first kappa shape index (κ1) is 17.1.